The molecule has 1 aromatic rings. The molecule has 0 spiro atoms. The van der Waals surface area contributed by atoms with Crippen molar-refractivity contribution in [2.45, 2.75) is 31.6 Å². The predicted octanol–water partition coefficient (Wildman–Crippen LogP) is 1.19. The molecule has 1 N–H and O–H groups in total. The van der Waals surface area contributed by atoms with Crippen molar-refractivity contribution in [3.63, 3.8) is 0 Å². The van der Waals surface area contributed by atoms with Gasteiger partial charge in [-0.1, -0.05) is 17.7 Å². The number of nitrogens with zero attached hydrogens (tertiary/aromatic N) is 3. The van der Waals surface area contributed by atoms with E-state index in [1.54, 1.807) is 7.11 Å². The number of ether oxygens (including phenoxy) is 1. The van der Waals surface area contributed by atoms with E-state index in [0.717, 1.165) is 49.6 Å². The normalized spacial score (nSPS) is 19.3. The first-order valence-corrected chi connectivity index (χ1v) is 8.27. The Morgan fingerprint density at radius 3 is 3.04 bits per heavy atom. The number of hydrogen-bond donors (Lipinski definition) is 1. The molecule has 1 amide bonds. The zero-order valence-corrected chi connectivity index (χ0v) is 13.6. The summed E-state index contributed by atoms with van der Waals surface area (Å²) in [5, 5.41) is 6.95. The number of aromatic nitrogens is 2. The molecule has 7 heteroatoms. The first-order valence-electron chi connectivity index (χ1n) is 8.27. The fourth-order valence-corrected chi connectivity index (χ4v) is 2.80. The van der Waals surface area contributed by atoms with Crippen molar-refractivity contribution >= 4 is 11.5 Å². The van der Waals surface area contributed by atoms with Crippen LogP contribution in [-0.2, 0) is 9.53 Å². The molecule has 7 nitrogen and oxygen atoms in total. The zero-order valence-electron chi connectivity index (χ0n) is 13.6. The van der Waals surface area contributed by atoms with Gasteiger partial charge in [0.05, 0.1) is 13.2 Å². The first kappa shape index (κ1) is 16.1. The first-order chi connectivity index (χ1) is 11.3. The van der Waals surface area contributed by atoms with Crippen LogP contribution in [0, 0.1) is 0 Å². The largest absolute Gasteiger partial charge is 0.383 e. The lowest BCUT2D eigenvalue weighted by Crippen LogP contribution is -2.40. The van der Waals surface area contributed by atoms with Gasteiger partial charge in [0, 0.05) is 32.7 Å². The molecule has 3 rings (SSSR count). The van der Waals surface area contributed by atoms with Crippen molar-refractivity contribution in [1.82, 2.24) is 20.4 Å². The molecule has 1 aliphatic carbocycles. The van der Waals surface area contributed by atoms with E-state index in [4.69, 9.17) is 9.26 Å². The van der Waals surface area contributed by atoms with Gasteiger partial charge in [-0.15, -0.1) is 0 Å². The van der Waals surface area contributed by atoms with Crippen LogP contribution in [0.4, 0.5) is 0 Å². The third-order valence-electron chi connectivity index (χ3n) is 4.47. The zero-order chi connectivity index (χ0) is 16.1. The van der Waals surface area contributed by atoms with Gasteiger partial charge in [0.15, 0.2) is 5.82 Å². The fourth-order valence-electron chi connectivity index (χ4n) is 2.80. The molecule has 1 saturated carbocycles. The summed E-state index contributed by atoms with van der Waals surface area (Å²) >= 11 is 0. The maximum Gasteiger partial charge on any atom is 0.234 e. The van der Waals surface area contributed by atoms with E-state index < -0.39 is 0 Å². The van der Waals surface area contributed by atoms with Crippen LogP contribution < -0.4 is 5.32 Å². The lowest BCUT2D eigenvalue weighted by molar-refractivity contribution is -0.122. The minimum absolute atomic E-state index is 0.0331. The molecule has 0 saturated heterocycles. The molecule has 0 aromatic carbocycles. The van der Waals surface area contributed by atoms with Gasteiger partial charge < -0.3 is 14.6 Å². The SMILES string of the molecule is COCCNC(=O)CN1CC=C(c2noc(C3CCC3)n2)CC1. The van der Waals surface area contributed by atoms with Gasteiger partial charge in [-0.2, -0.15) is 4.98 Å². The Morgan fingerprint density at radius 2 is 2.39 bits per heavy atom. The summed E-state index contributed by atoms with van der Waals surface area (Å²) in [6.45, 7) is 3.07. The highest BCUT2D eigenvalue weighted by molar-refractivity contribution is 5.78. The van der Waals surface area contributed by atoms with Crippen LogP contribution in [0.25, 0.3) is 5.57 Å². The summed E-state index contributed by atoms with van der Waals surface area (Å²) < 4.78 is 10.3. The van der Waals surface area contributed by atoms with Crippen LogP contribution in [0.15, 0.2) is 10.6 Å². The Bertz CT molecular complexity index is 565. The van der Waals surface area contributed by atoms with Crippen molar-refractivity contribution in [3.8, 4) is 0 Å². The van der Waals surface area contributed by atoms with Crippen LogP contribution in [0.5, 0.6) is 0 Å². The Kier molecular flexibility index (Phi) is 5.40. The molecule has 0 unspecified atom stereocenters. The highest BCUT2D eigenvalue weighted by atomic mass is 16.5. The third kappa shape index (κ3) is 4.17. The van der Waals surface area contributed by atoms with Gasteiger partial charge in [0.1, 0.15) is 0 Å². The van der Waals surface area contributed by atoms with Crippen molar-refractivity contribution in [3.05, 3.63) is 17.8 Å². The predicted molar refractivity (Wildman–Crippen MR) is 84.8 cm³/mol. The second-order valence-electron chi connectivity index (χ2n) is 6.14. The van der Waals surface area contributed by atoms with E-state index in [1.807, 2.05) is 0 Å². The van der Waals surface area contributed by atoms with E-state index >= 15 is 0 Å². The lowest BCUT2D eigenvalue weighted by atomic mass is 9.85. The summed E-state index contributed by atoms with van der Waals surface area (Å²) in [4.78, 5) is 18.4. The highest BCUT2D eigenvalue weighted by Gasteiger charge is 2.26. The maximum atomic E-state index is 11.8. The van der Waals surface area contributed by atoms with E-state index in [1.165, 1.54) is 6.42 Å². The molecule has 0 atom stereocenters. The van der Waals surface area contributed by atoms with Crippen LogP contribution in [0.3, 0.4) is 0 Å². The Morgan fingerprint density at radius 1 is 1.52 bits per heavy atom. The number of hydrogen-bond acceptors (Lipinski definition) is 6. The molecular weight excluding hydrogens is 296 g/mol. The van der Waals surface area contributed by atoms with Crippen molar-refractivity contribution in [1.29, 1.82) is 0 Å². The second-order valence-corrected chi connectivity index (χ2v) is 6.14. The molecule has 1 fully saturated rings. The minimum atomic E-state index is 0.0331. The molecule has 23 heavy (non-hydrogen) atoms. The smallest absolute Gasteiger partial charge is 0.234 e. The monoisotopic (exact) mass is 320 g/mol. The van der Waals surface area contributed by atoms with Gasteiger partial charge >= 0.3 is 0 Å². The van der Waals surface area contributed by atoms with E-state index in [0.29, 0.717) is 25.6 Å². The third-order valence-corrected chi connectivity index (χ3v) is 4.47. The number of carbonyl (C=O) groups is 1. The van der Waals surface area contributed by atoms with E-state index in [-0.39, 0.29) is 5.91 Å². The molecule has 0 bridgehead atoms. The molecule has 126 valence electrons. The number of rotatable bonds is 7. The lowest BCUT2D eigenvalue weighted by Gasteiger charge is -2.24. The topological polar surface area (TPSA) is 80.5 Å². The van der Waals surface area contributed by atoms with Crippen LogP contribution in [-0.4, -0.2) is 60.8 Å². The average molecular weight is 320 g/mol. The summed E-state index contributed by atoms with van der Waals surface area (Å²) in [6, 6.07) is 0. The van der Waals surface area contributed by atoms with Crippen LogP contribution >= 0.6 is 0 Å². The van der Waals surface area contributed by atoms with Crippen molar-refractivity contribution < 1.29 is 14.1 Å². The maximum absolute atomic E-state index is 11.8. The van der Waals surface area contributed by atoms with E-state index in [9.17, 15) is 4.79 Å². The summed E-state index contributed by atoms with van der Waals surface area (Å²) in [5.74, 6) is 2.00. The fraction of sp³-hybridized carbons (Fsp3) is 0.688. The number of carbonyl (C=O) groups excluding carboxylic acids is 1. The van der Waals surface area contributed by atoms with E-state index in [2.05, 4.69) is 26.4 Å². The Hall–Kier alpha value is -1.73. The number of amides is 1. The Labute approximate surface area is 136 Å². The van der Waals surface area contributed by atoms with Gasteiger partial charge in [-0.3, -0.25) is 9.69 Å². The van der Waals surface area contributed by atoms with Gasteiger partial charge in [0.25, 0.3) is 0 Å². The van der Waals surface area contributed by atoms with Crippen LogP contribution in [0.2, 0.25) is 0 Å². The van der Waals surface area contributed by atoms with Crippen molar-refractivity contribution in [2.75, 3.05) is 39.9 Å². The van der Waals surface area contributed by atoms with Crippen LogP contribution in [0.1, 0.15) is 43.3 Å². The quantitative estimate of drug-likeness (QED) is 0.760. The van der Waals surface area contributed by atoms with Gasteiger partial charge in [0.2, 0.25) is 11.8 Å². The highest BCUT2D eigenvalue weighted by Crippen LogP contribution is 2.35. The summed E-state index contributed by atoms with van der Waals surface area (Å²) in [7, 11) is 1.62. The molecule has 2 aliphatic rings. The second kappa shape index (κ2) is 7.70. The number of methoxy groups -OCH3 is 1. The molecule has 0 radical (unpaired) electrons. The summed E-state index contributed by atoms with van der Waals surface area (Å²) in [6.07, 6.45) is 6.52. The van der Waals surface area contributed by atoms with Crippen molar-refractivity contribution in [2.24, 2.45) is 0 Å². The molecular formula is C16H24N4O3. The molecule has 1 aromatic heterocycles. The average Bonchev–Trinajstić information content (AvgIpc) is 2.96. The molecule has 1 aliphatic heterocycles. The molecule has 2 heterocycles. The summed E-state index contributed by atoms with van der Waals surface area (Å²) in [5.41, 5.74) is 1.12. The Balaban J connectivity index is 1.48. The minimum Gasteiger partial charge on any atom is -0.383 e. The van der Waals surface area contributed by atoms with Gasteiger partial charge in [-0.05, 0) is 24.8 Å². The number of nitrogens with one attached hydrogen (secondary N) is 1. The van der Waals surface area contributed by atoms with Gasteiger partial charge in [-0.25, -0.2) is 0 Å². The standard InChI is InChI=1S/C16H24N4O3/c1-22-10-7-17-14(21)11-20-8-5-12(6-9-20)15-18-16(23-19-15)13-3-2-4-13/h5,13H,2-4,6-11H2,1H3,(H,17,21).